The second kappa shape index (κ2) is 9.75. The molecule has 162 valence electrons. The molecule has 2 N–H and O–H groups in total. The summed E-state index contributed by atoms with van der Waals surface area (Å²) in [7, 11) is 1.70. The summed E-state index contributed by atoms with van der Waals surface area (Å²) in [5.41, 5.74) is 2.74. The lowest BCUT2D eigenvalue weighted by Crippen LogP contribution is -2.38. The lowest BCUT2D eigenvalue weighted by Gasteiger charge is -2.32. The number of methoxy groups -OCH3 is 1. The maximum atomic E-state index is 11.8. The van der Waals surface area contributed by atoms with Crippen molar-refractivity contribution in [1.82, 2.24) is 19.9 Å². The monoisotopic (exact) mass is 419 g/mol. The van der Waals surface area contributed by atoms with Gasteiger partial charge in [0.1, 0.15) is 17.4 Å². The van der Waals surface area contributed by atoms with Crippen molar-refractivity contribution in [2.45, 2.75) is 38.8 Å². The van der Waals surface area contributed by atoms with Crippen molar-refractivity contribution in [1.29, 1.82) is 0 Å². The summed E-state index contributed by atoms with van der Waals surface area (Å²) in [6.07, 6.45) is 4.63. The summed E-state index contributed by atoms with van der Waals surface area (Å²) < 4.78 is 5.32. The lowest BCUT2D eigenvalue weighted by molar-refractivity contribution is 0.211. The van der Waals surface area contributed by atoms with Gasteiger partial charge >= 0.3 is 0 Å². The summed E-state index contributed by atoms with van der Waals surface area (Å²) in [4.78, 5) is 26.1. The van der Waals surface area contributed by atoms with E-state index in [0.717, 1.165) is 61.7 Å². The Morgan fingerprint density at radius 3 is 2.74 bits per heavy atom. The topological polar surface area (TPSA) is 83.1 Å². The zero-order valence-corrected chi connectivity index (χ0v) is 18.1. The Morgan fingerprint density at radius 2 is 2.03 bits per heavy atom. The number of hydrogen-bond donors (Lipinski definition) is 2. The number of hydrogen-bond acceptors (Lipinski definition) is 6. The van der Waals surface area contributed by atoms with Gasteiger partial charge < -0.3 is 15.0 Å². The summed E-state index contributed by atoms with van der Waals surface area (Å²) in [5, 5.41) is 3.55. The highest BCUT2D eigenvalue weighted by atomic mass is 16.5. The number of H-pyrrole nitrogens is 1. The van der Waals surface area contributed by atoms with Gasteiger partial charge in [-0.25, -0.2) is 9.97 Å². The quantitative estimate of drug-likeness (QED) is 0.610. The van der Waals surface area contributed by atoms with Crippen LogP contribution in [0.15, 0.2) is 53.5 Å². The fraction of sp³-hybridized carbons (Fsp3) is 0.375. The third kappa shape index (κ3) is 5.49. The van der Waals surface area contributed by atoms with Gasteiger partial charge in [-0.15, -0.1) is 0 Å². The molecule has 1 aromatic carbocycles. The first-order chi connectivity index (χ1) is 15.1. The molecule has 0 amide bonds. The Bertz CT molecular complexity index is 1060. The molecule has 0 unspecified atom stereocenters. The van der Waals surface area contributed by atoms with Crippen molar-refractivity contribution in [3.05, 3.63) is 70.3 Å². The fourth-order valence-electron chi connectivity index (χ4n) is 3.92. The molecule has 3 aromatic rings. The summed E-state index contributed by atoms with van der Waals surface area (Å²) >= 11 is 0. The number of nitrogens with one attached hydrogen (secondary N) is 2. The molecule has 4 rings (SSSR count). The summed E-state index contributed by atoms with van der Waals surface area (Å²) in [5.74, 6) is 2.32. The Morgan fingerprint density at radius 1 is 1.19 bits per heavy atom. The van der Waals surface area contributed by atoms with Crippen molar-refractivity contribution in [2.75, 3.05) is 25.5 Å². The molecule has 31 heavy (non-hydrogen) atoms. The minimum atomic E-state index is -0.134. The number of piperidine rings is 1. The molecule has 7 nitrogen and oxygen atoms in total. The van der Waals surface area contributed by atoms with E-state index in [1.165, 1.54) is 11.6 Å². The van der Waals surface area contributed by atoms with Crippen molar-refractivity contribution in [3.63, 3.8) is 0 Å². The van der Waals surface area contributed by atoms with Crippen molar-refractivity contribution < 1.29 is 4.74 Å². The van der Waals surface area contributed by atoms with Gasteiger partial charge in [0, 0.05) is 49.2 Å². The van der Waals surface area contributed by atoms with E-state index in [-0.39, 0.29) is 5.56 Å². The van der Waals surface area contributed by atoms with Gasteiger partial charge in [-0.2, -0.15) is 0 Å². The van der Waals surface area contributed by atoms with Gasteiger partial charge in [-0.3, -0.25) is 9.69 Å². The number of nitrogens with zero attached hydrogens (tertiary/aromatic N) is 3. The highest BCUT2D eigenvalue weighted by Crippen LogP contribution is 2.20. The minimum absolute atomic E-state index is 0.134. The molecule has 1 fully saturated rings. The second-order valence-corrected chi connectivity index (χ2v) is 7.92. The van der Waals surface area contributed by atoms with E-state index in [0.29, 0.717) is 11.9 Å². The molecule has 1 aliphatic rings. The lowest BCUT2D eigenvalue weighted by atomic mass is 10.0. The van der Waals surface area contributed by atoms with E-state index in [2.05, 4.69) is 37.3 Å². The Labute approximate surface area is 182 Å². The van der Waals surface area contributed by atoms with Crippen LogP contribution in [-0.2, 0) is 13.0 Å². The van der Waals surface area contributed by atoms with Crippen LogP contribution in [0.5, 0.6) is 5.75 Å². The van der Waals surface area contributed by atoms with Crippen LogP contribution in [0, 0.1) is 0 Å². The van der Waals surface area contributed by atoms with Gasteiger partial charge in [0.05, 0.1) is 7.11 Å². The molecule has 3 heterocycles. The van der Waals surface area contributed by atoms with Crippen molar-refractivity contribution in [3.8, 4) is 17.1 Å². The van der Waals surface area contributed by atoms with Gasteiger partial charge in [-0.05, 0) is 49.1 Å². The molecule has 0 aliphatic carbocycles. The summed E-state index contributed by atoms with van der Waals surface area (Å²) in [6.45, 7) is 5.02. The van der Waals surface area contributed by atoms with Crippen LogP contribution in [0.3, 0.4) is 0 Å². The van der Waals surface area contributed by atoms with E-state index < -0.39 is 0 Å². The normalized spacial score (nSPS) is 15.0. The number of benzene rings is 1. The number of ether oxygens (including phenoxy) is 1. The number of pyridine rings is 1. The van der Waals surface area contributed by atoms with Crippen LogP contribution >= 0.6 is 0 Å². The van der Waals surface area contributed by atoms with Gasteiger partial charge in [0.2, 0.25) is 0 Å². The Balaban J connectivity index is 1.31. The number of aromatic nitrogens is 3. The highest BCUT2D eigenvalue weighted by Gasteiger charge is 2.19. The minimum Gasteiger partial charge on any atom is -0.497 e. The van der Waals surface area contributed by atoms with Crippen molar-refractivity contribution in [2.24, 2.45) is 0 Å². The molecule has 0 atom stereocenters. The van der Waals surface area contributed by atoms with Gasteiger partial charge in [-0.1, -0.05) is 19.1 Å². The molecule has 1 saturated heterocycles. The molecule has 0 radical (unpaired) electrons. The van der Waals surface area contributed by atoms with E-state index in [9.17, 15) is 4.79 Å². The number of likely N-dealkylation sites (tertiary alicyclic amines) is 1. The third-order valence-electron chi connectivity index (χ3n) is 5.67. The predicted molar refractivity (Wildman–Crippen MR) is 122 cm³/mol. The fourth-order valence-corrected chi connectivity index (χ4v) is 3.92. The molecule has 0 bridgehead atoms. The smallest absolute Gasteiger partial charge is 0.251 e. The Kier molecular flexibility index (Phi) is 6.62. The number of rotatable bonds is 7. The summed E-state index contributed by atoms with van der Waals surface area (Å²) in [6, 6.07) is 14.1. The third-order valence-corrected chi connectivity index (χ3v) is 5.67. The number of anilines is 1. The van der Waals surface area contributed by atoms with E-state index >= 15 is 0 Å². The predicted octanol–water partition coefficient (Wildman–Crippen LogP) is 3.48. The van der Waals surface area contributed by atoms with E-state index in [4.69, 9.17) is 4.74 Å². The molecule has 0 saturated carbocycles. The van der Waals surface area contributed by atoms with Crippen LogP contribution in [0.25, 0.3) is 11.4 Å². The van der Waals surface area contributed by atoms with Crippen LogP contribution in [0.4, 0.5) is 5.82 Å². The SMILES string of the molecule is CCc1cc(=O)[nH]c(-c2ccc(NC3CCN(Cc4cccc(OC)c4)CC3)nc2)n1. The number of aryl methyl sites for hydroxylation is 1. The molecular weight excluding hydrogens is 390 g/mol. The van der Waals surface area contributed by atoms with Crippen LogP contribution in [0.1, 0.15) is 31.0 Å². The highest BCUT2D eigenvalue weighted by molar-refractivity contribution is 5.56. The van der Waals surface area contributed by atoms with Gasteiger partial charge in [0.15, 0.2) is 0 Å². The maximum Gasteiger partial charge on any atom is 0.251 e. The second-order valence-electron chi connectivity index (χ2n) is 7.92. The molecule has 2 aromatic heterocycles. The zero-order valence-electron chi connectivity index (χ0n) is 18.1. The first kappa shape index (κ1) is 21.1. The van der Waals surface area contributed by atoms with Crippen LogP contribution < -0.4 is 15.6 Å². The average molecular weight is 420 g/mol. The van der Waals surface area contributed by atoms with Crippen LogP contribution in [0.2, 0.25) is 0 Å². The first-order valence-corrected chi connectivity index (χ1v) is 10.8. The van der Waals surface area contributed by atoms with E-state index in [1.54, 1.807) is 13.3 Å². The number of aromatic amines is 1. The average Bonchev–Trinajstić information content (AvgIpc) is 2.80. The Hall–Kier alpha value is -3.19. The van der Waals surface area contributed by atoms with Gasteiger partial charge in [0.25, 0.3) is 5.56 Å². The largest absolute Gasteiger partial charge is 0.497 e. The van der Waals surface area contributed by atoms with E-state index in [1.807, 2.05) is 31.2 Å². The molecular formula is C24H29N5O2. The first-order valence-electron chi connectivity index (χ1n) is 10.8. The maximum absolute atomic E-state index is 11.8. The molecule has 7 heteroatoms. The standard InChI is InChI=1S/C24H29N5O2/c1-3-19-14-23(30)28-24(27-19)18-7-8-22(25-15-18)26-20-9-11-29(12-10-20)16-17-5-4-6-21(13-17)31-2/h4-8,13-15,20H,3,9-12,16H2,1-2H3,(H,25,26)(H,27,28,30). The zero-order chi connectivity index (χ0) is 21.6. The molecule has 1 aliphatic heterocycles. The van der Waals surface area contributed by atoms with Crippen molar-refractivity contribution >= 4 is 5.82 Å². The van der Waals surface area contributed by atoms with Crippen LogP contribution in [-0.4, -0.2) is 46.1 Å². The molecule has 0 spiro atoms.